The Labute approximate surface area is 166 Å². The molecule has 8 heteroatoms. The Morgan fingerprint density at radius 3 is 2.50 bits per heavy atom. The number of rotatable bonds is 2. The summed E-state index contributed by atoms with van der Waals surface area (Å²) >= 11 is 0. The van der Waals surface area contributed by atoms with E-state index in [0.717, 1.165) is 11.0 Å². The Kier molecular flexibility index (Phi) is 4.73. The van der Waals surface area contributed by atoms with Gasteiger partial charge < -0.3 is 23.9 Å². The number of fused-ring (bicyclic) bond motifs is 1. The molecule has 0 aromatic heterocycles. The molecule has 4 rings (SSSR count). The van der Waals surface area contributed by atoms with Crippen LogP contribution in [0.15, 0.2) is 12.1 Å². The van der Waals surface area contributed by atoms with E-state index in [4.69, 9.17) is 18.8 Å². The van der Waals surface area contributed by atoms with Gasteiger partial charge in [-0.2, -0.15) is 0 Å². The number of aliphatic hydroxyl groups excluding tert-OH is 1. The summed E-state index contributed by atoms with van der Waals surface area (Å²) in [6.07, 6.45) is -0.107. The van der Waals surface area contributed by atoms with Crippen molar-refractivity contribution in [1.29, 1.82) is 0 Å². The molecule has 2 atom stereocenters. The molecule has 0 spiro atoms. The third-order valence-electron chi connectivity index (χ3n) is 6.42. The minimum absolute atomic E-state index is 0.103. The maximum absolute atomic E-state index is 13.2. The predicted octanol–water partition coefficient (Wildman–Crippen LogP) is 1.24. The molecule has 0 radical (unpaired) electrons. The van der Waals surface area contributed by atoms with Crippen molar-refractivity contribution in [3.05, 3.63) is 23.3 Å². The molecule has 2 fully saturated rings. The monoisotopic (exact) mass is 389 g/mol. The van der Waals surface area contributed by atoms with Crippen LogP contribution in [0.25, 0.3) is 0 Å². The maximum Gasteiger partial charge on any atom is 0.495 e. The number of aliphatic hydroxyl groups is 1. The third-order valence-corrected chi connectivity index (χ3v) is 6.42. The molecule has 1 N–H and O–H groups in total. The second kappa shape index (κ2) is 6.73. The Morgan fingerprint density at radius 1 is 1.18 bits per heavy atom. The smallest absolute Gasteiger partial charge is 0.472 e. The van der Waals surface area contributed by atoms with E-state index in [0.29, 0.717) is 30.9 Å². The molecule has 0 bridgehead atoms. The lowest BCUT2D eigenvalue weighted by Gasteiger charge is -2.39. The van der Waals surface area contributed by atoms with Crippen LogP contribution >= 0.6 is 0 Å². The summed E-state index contributed by atoms with van der Waals surface area (Å²) in [6, 6.07) is 3.26. The summed E-state index contributed by atoms with van der Waals surface area (Å²) in [6.45, 7) is 10.9. The van der Waals surface area contributed by atoms with Gasteiger partial charge >= 0.3 is 7.12 Å². The Bertz CT molecular complexity index is 779. The second-order valence-electron chi connectivity index (χ2n) is 8.84. The zero-order chi connectivity index (χ0) is 20.3. The third kappa shape index (κ3) is 3.12. The van der Waals surface area contributed by atoms with E-state index in [9.17, 15) is 9.90 Å². The molecule has 1 aromatic carbocycles. The quantitative estimate of drug-likeness (QED) is 0.767. The van der Waals surface area contributed by atoms with Crippen LogP contribution in [-0.2, 0) is 14.0 Å². The van der Waals surface area contributed by atoms with Gasteiger partial charge in [-0.05, 0) is 64.2 Å². The molecular formula is C20H28BNO6. The van der Waals surface area contributed by atoms with Crippen molar-refractivity contribution in [3.8, 4) is 5.75 Å². The van der Waals surface area contributed by atoms with Gasteiger partial charge in [0, 0.05) is 6.61 Å². The standard InChI is InChI=1S/C20H28BNO6/c1-12-8-17-13(9-14(12)21-27-19(2,3)20(4,5)28-21)18(24)22(11-26-17)15-10-25-7-6-16(15)23/h8-9,15-16,23H,6-7,10-11H2,1-5H3/t15-,16-/m0/s1. The number of carbonyl (C=O) groups excluding carboxylic acids is 1. The minimum Gasteiger partial charge on any atom is -0.472 e. The van der Waals surface area contributed by atoms with E-state index in [1.807, 2.05) is 40.7 Å². The first-order valence-corrected chi connectivity index (χ1v) is 9.80. The van der Waals surface area contributed by atoms with Crippen molar-refractivity contribution >= 4 is 18.5 Å². The molecular weight excluding hydrogens is 361 g/mol. The van der Waals surface area contributed by atoms with Crippen molar-refractivity contribution in [2.24, 2.45) is 0 Å². The van der Waals surface area contributed by atoms with Crippen LogP contribution in [0.4, 0.5) is 0 Å². The van der Waals surface area contributed by atoms with E-state index >= 15 is 0 Å². The first-order valence-electron chi connectivity index (χ1n) is 9.80. The van der Waals surface area contributed by atoms with E-state index < -0.39 is 30.5 Å². The van der Waals surface area contributed by atoms with E-state index in [1.165, 1.54) is 0 Å². The van der Waals surface area contributed by atoms with Crippen LogP contribution in [0.5, 0.6) is 5.75 Å². The molecule has 152 valence electrons. The van der Waals surface area contributed by atoms with Crippen molar-refractivity contribution in [1.82, 2.24) is 4.90 Å². The highest BCUT2D eigenvalue weighted by atomic mass is 16.7. The predicted molar refractivity (Wildman–Crippen MR) is 104 cm³/mol. The van der Waals surface area contributed by atoms with Gasteiger partial charge in [0.25, 0.3) is 5.91 Å². The lowest BCUT2D eigenvalue weighted by Crippen LogP contribution is -2.55. The highest BCUT2D eigenvalue weighted by Gasteiger charge is 2.52. The first-order chi connectivity index (χ1) is 13.1. The highest BCUT2D eigenvalue weighted by molar-refractivity contribution is 6.62. The van der Waals surface area contributed by atoms with Crippen LogP contribution < -0.4 is 10.2 Å². The van der Waals surface area contributed by atoms with Gasteiger partial charge in [0.15, 0.2) is 6.73 Å². The summed E-state index contributed by atoms with van der Waals surface area (Å²) in [7, 11) is -0.554. The summed E-state index contributed by atoms with van der Waals surface area (Å²) in [5, 5.41) is 10.3. The van der Waals surface area contributed by atoms with Crippen LogP contribution in [0.2, 0.25) is 0 Å². The number of hydrogen-bond donors (Lipinski definition) is 1. The molecule has 7 nitrogen and oxygen atoms in total. The number of carbonyl (C=O) groups is 1. The van der Waals surface area contributed by atoms with E-state index in [2.05, 4.69) is 0 Å². The summed E-state index contributed by atoms with van der Waals surface area (Å²) < 4.78 is 23.6. The number of hydrogen-bond acceptors (Lipinski definition) is 6. The Balaban J connectivity index is 1.65. The molecule has 3 aliphatic heterocycles. The highest BCUT2D eigenvalue weighted by Crippen LogP contribution is 2.37. The number of amides is 1. The van der Waals surface area contributed by atoms with Gasteiger partial charge in [-0.25, -0.2) is 0 Å². The summed E-state index contributed by atoms with van der Waals surface area (Å²) in [5.41, 5.74) is 1.29. The lowest BCUT2D eigenvalue weighted by molar-refractivity contribution is -0.0696. The van der Waals surface area contributed by atoms with Crippen LogP contribution in [0.1, 0.15) is 50.0 Å². The molecule has 0 saturated carbocycles. The number of benzene rings is 1. The van der Waals surface area contributed by atoms with Gasteiger partial charge in [-0.15, -0.1) is 0 Å². The fourth-order valence-corrected chi connectivity index (χ4v) is 3.82. The van der Waals surface area contributed by atoms with Crippen LogP contribution in [0.3, 0.4) is 0 Å². The number of ether oxygens (including phenoxy) is 2. The van der Waals surface area contributed by atoms with Gasteiger partial charge in [0.2, 0.25) is 0 Å². The normalized spacial score (nSPS) is 28.9. The molecule has 3 aliphatic rings. The Morgan fingerprint density at radius 2 is 1.86 bits per heavy atom. The van der Waals surface area contributed by atoms with Gasteiger partial charge in [0.1, 0.15) is 5.75 Å². The van der Waals surface area contributed by atoms with Gasteiger partial charge in [0.05, 0.1) is 35.5 Å². The van der Waals surface area contributed by atoms with Crippen LogP contribution in [0, 0.1) is 6.92 Å². The average Bonchev–Trinajstić information content (AvgIpc) is 2.83. The zero-order valence-electron chi connectivity index (χ0n) is 17.2. The molecule has 1 amide bonds. The van der Waals surface area contributed by atoms with Crippen molar-refractivity contribution in [2.75, 3.05) is 19.9 Å². The Hall–Kier alpha value is -1.61. The molecule has 0 unspecified atom stereocenters. The molecule has 1 aromatic rings. The molecule has 28 heavy (non-hydrogen) atoms. The maximum atomic E-state index is 13.2. The average molecular weight is 389 g/mol. The van der Waals surface area contributed by atoms with E-state index in [-0.39, 0.29) is 12.6 Å². The van der Waals surface area contributed by atoms with Crippen molar-refractivity contribution in [2.45, 2.75) is 64.4 Å². The molecule has 2 saturated heterocycles. The second-order valence-corrected chi connectivity index (χ2v) is 8.84. The zero-order valence-corrected chi connectivity index (χ0v) is 17.2. The molecule has 0 aliphatic carbocycles. The summed E-state index contributed by atoms with van der Waals surface area (Å²) in [5.74, 6) is 0.374. The van der Waals surface area contributed by atoms with Crippen molar-refractivity contribution < 1.29 is 28.7 Å². The minimum atomic E-state index is -0.615. The van der Waals surface area contributed by atoms with E-state index in [1.54, 1.807) is 11.0 Å². The summed E-state index contributed by atoms with van der Waals surface area (Å²) in [4.78, 5) is 14.7. The van der Waals surface area contributed by atoms with Crippen LogP contribution in [-0.4, -0.2) is 66.3 Å². The van der Waals surface area contributed by atoms with Crippen molar-refractivity contribution in [3.63, 3.8) is 0 Å². The fourth-order valence-electron chi connectivity index (χ4n) is 3.82. The topological polar surface area (TPSA) is 77.5 Å². The van der Waals surface area contributed by atoms with Gasteiger partial charge in [-0.1, -0.05) is 0 Å². The fraction of sp³-hybridized carbons (Fsp3) is 0.650. The molecule has 3 heterocycles. The lowest BCUT2D eigenvalue weighted by atomic mass is 9.75. The first kappa shape index (κ1) is 19.7. The largest absolute Gasteiger partial charge is 0.495 e. The van der Waals surface area contributed by atoms with Gasteiger partial charge in [-0.3, -0.25) is 9.69 Å². The number of nitrogens with zero attached hydrogens (tertiary/aromatic N) is 1. The number of aryl methyl sites for hydroxylation is 1. The SMILES string of the molecule is Cc1cc2c(cc1B1OC(C)(C)C(C)(C)O1)C(=O)N([C@H]1COCC[C@@H]1O)CO2.